The molecule has 3 rings (SSSR count). The van der Waals surface area contributed by atoms with E-state index in [0.29, 0.717) is 28.5 Å². The number of carbonyl (C=O) groups is 3. The molecular weight excluding hydrogens is 380 g/mol. The van der Waals surface area contributed by atoms with Gasteiger partial charge in [0.15, 0.2) is 0 Å². The number of aromatic nitrogens is 1. The Balaban J connectivity index is 1.58. The second kappa shape index (κ2) is 8.49. The topological polar surface area (TPSA) is 113 Å². The SMILES string of the molecule is CC(=O)Nc1cccc(NC(=O)C(=O)NCc2coc(-c3cccs3)n2)c1C. The van der Waals surface area contributed by atoms with Gasteiger partial charge < -0.3 is 20.4 Å². The molecule has 3 aromatic rings. The average molecular weight is 398 g/mol. The van der Waals surface area contributed by atoms with Gasteiger partial charge in [0.05, 0.1) is 17.1 Å². The lowest BCUT2D eigenvalue weighted by Crippen LogP contribution is -2.35. The highest BCUT2D eigenvalue weighted by atomic mass is 32.1. The Morgan fingerprint density at radius 1 is 1.07 bits per heavy atom. The normalized spacial score (nSPS) is 10.4. The quantitative estimate of drug-likeness (QED) is 0.572. The standard InChI is InChI=1S/C19H18N4O4S/c1-11-14(21-12(2)24)5-3-6-15(11)23-18(26)17(25)20-9-13-10-27-19(22-13)16-7-4-8-28-16/h3-8,10H,9H2,1-2H3,(H,20,25)(H,21,24)(H,23,26). The number of nitrogens with zero attached hydrogens (tertiary/aromatic N) is 1. The Bertz CT molecular complexity index is 1010. The van der Waals surface area contributed by atoms with Crippen LogP contribution in [0, 0.1) is 6.92 Å². The number of carbonyl (C=O) groups excluding carboxylic acids is 3. The van der Waals surface area contributed by atoms with E-state index in [2.05, 4.69) is 20.9 Å². The van der Waals surface area contributed by atoms with Crippen molar-refractivity contribution in [2.75, 3.05) is 10.6 Å². The van der Waals surface area contributed by atoms with E-state index in [1.807, 2.05) is 17.5 Å². The van der Waals surface area contributed by atoms with Gasteiger partial charge in [-0.25, -0.2) is 4.98 Å². The minimum Gasteiger partial charge on any atom is -0.443 e. The molecule has 0 unspecified atom stereocenters. The van der Waals surface area contributed by atoms with Crippen molar-refractivity contribution < 1.29 is 18.8 Å². The fraction of sp³-hybridized carbons (Fsp3) is 0.158. The smallest absolute Gasteiger partial charge is 0.313 e. The monoisotopic (exact) mass is 398 g/mol. The summed E-state index contributed by atoms with van der Waals surface area (Å²) in [6.45, 7) is 3.19. The number of benzene rings is 1. The Labute approximate surface area is 165 Å². The second-order valence-electron chi connectivity index (χ2n) is 5.92. The summed E-state index contributed by atoms with van der Waals surface area (Å²) in [6.07, 6.45) is 1.44. The van der Waals surface area contributed by atoms with Gasteiger partial charge in [-0.05, 0) is 36.1 Å². The van der Waals surface area contributed by atoms with E-state index in [1.165, 1.54) is 24.5 Å². The summed E-state index contributed by atoms with van der Waals surface area (Å²) in [4.78, 5) is 40.6. The summed E-state index contributed by atoms with van der Waals surface area (Å²) in [5.74, 6) is -1.37. The molecular formula is C19H18N4O4S. The van der Waals surface area contributed by atoms with Gasteiger partial charge in [0.1, 0.15) is 6.26 Å². The van der Waals surface area contributed by atoms with Crippen LogP contribution in [-0.2, 0) is 20.9 Å². The fourth-order valence-corrected chi connectivity index (χ4v) is 3.08. The first kappa shape index (κ1) is 19.3. The van der Waals surface area contributed by atoms with Crippen LogP contribution in [0.3, 0.4) is 0 Å². The Kier molecular flexibility index (Phi) is 5.85. The van der Waals surface area contributed by atoms with E-state index in [1.54, 1.807) is 25.1 Å². The molecule has 0 saturated carbocycles. The van der Waals surface area contributed by atoms with Crippen molar-refractivity contribution in [3.63, 3.8) is 0 Å². The highest BCUT2D eigenvalue weighted by Gasteiger charge is 2.16. The number of nitrogens with one attached hydrogen (secondary N) is 3. The maximum Gasteiger partial charge on any atom is 0.313 e. The third-order valence-electron chi connectivity index (χ3n) is 3.81. The van der Waals surface area contributed by atoms with Crippen LogP contribution >= 0.6 is 11.3 Å². The minimum atomic E-state index is -0.815. The van der Waals surface area contributed by atoms with Crippen LogP contribution in [0.1, 0.15) is 18.2 Å². The minimum absolute atomic E-state index is 0.0616. The first-order valence-electron chi connectivity index (χ1n) is 8.38. The molecule has 3 N–H and O–H groups in total. The highest BCUT2D eigenvalue weighted by molar-refractivity contribution is 7.13. The third-order valence-corrected chi connectivity index (χ3v) is 4.67. The van der Waals surface area contributed by atoms with Crippen LogP contribution in [0.4, 0.5) is 11.4 Å². The van der Waals surface area contributed by atoms with Crippen LogP contribution in [-0.4, -0.2) is 22.7 Å². The van der Waals surface area contributed by atoms with E-state index in [-0.39, 0.29) is 12.5 Å². The van der Waals surface area contributed by atoms with E-state index in [9.17, 15) is 14.4 Å². The van der Waals surface area contributed by atoms with Gasteiger partial charge in [0, 0.05) is 18.3 Å². The maximum atomic E-state index is 12.2. The molecule has 0 atom stereocenters. The second-order valence-corrected chi connectivity index (χ2v) is 6.87. The van der Waals surface area contributed by atoms with Crippen molar-refractivity contribution in [1.29, 1.82) is 0 Å². The number of oxazole rings is 1. The zero-order chi connectivity index (χ0) is 20.1. The average Bonchev–Trinajstić information content (AvgIpc) is 3.33. The number of anilines is 2. The van der Waals surface area contributed by atoms with Crippen molar-refractivity contribution in [2.24, 2.45) is 0 Å². The summed E-state index contributed by atoms with van der Waals surface area (Å²) in [6, 6.07) is 8.80. The van der Waals surface area contributed by atoms with Crippen LogP contribution in [0.5, 0.6) is 0 Å². The summed E-state index contributed by atoms with van der Waals surface area (Å²) in [7, 11) is 0. The summed E-state index contributed by atoms with van der Waals surface area (Å²) < 4.78 is 5.37. The molecule has 28 heavy (non-hydrogen) atoms. The predicted molar refractivity (Wildman–Crippen MR) is 106 cm³/mol. The maximum absolute atomic E-state index is 12.2. The van der Waals surface area contributed by atoms with Gasteiger partial charge in [-0.2, -0.15) is 0 Å². The van der Waals surface area contributed by atoms with Crippen LogP contribution in [0.2, 0.25) is 0 Å². The van der Waals surface area contributed by atoms with E-state index in [4.69, 9.17) is 4.42 Å². The number of thiophene rings is 1. The molecule has 1 aromatic carbocycles. The molecule has 9 heteroatoms. The van der Waals surface area contributed by atoms with Crippen LogP contribution in [0.25, 0.3) is 10.8 Å². The molecule has 0 aliphatic rings. The molecule has 2 aromatic heterocycles. The lowest BCUT2D eigenvalue weighted by atomic mass is 10.1. The highest BCUT2D eigenvalue weighted by Crippen LogP contribution is 2.24. The van der Waals surface area contributed by atoms with Crippen LogP contribution < -0.4 is 16.0 Å². The van der Waals surface area contributed by atoms with Gasteiger partial charge in [0.2, 0.25) is 11.8 Å². The van der Waals surface area contributed by atoms with Crippen molar-refractivity contribution in [1.82, 2.24) is 10.3 Å². The predicted octanol–water partition coefficient (Wildman–Crippen LogP) is 2.92. The zero-order valence-electron chi connectivity index (χ0n) is 15.2. The van der Waals surface area contributed by atoms with E-state index >= 15 is 0 Å². The lowest BCUT2D eigenvalue weighted by Gasteiger charge is -2.12. The molecule has 8 nitrogen and oxygen atoms in total. The number of hydrogen-bond donors (Lipinski definition) is 3. The lowest BCUT2D eigenvalue weighted by molar-refractivity contribution is -0.136. The molecule has 0 aliphatic carbocycles. The van der Waals surface area contributed by atoms with E-state index < -0.39 is 11.8 Å². The van der Waals surface area contributed by atoms with E-state index in [0.717, 1.165) is 4.88 Å². The molecule has 2 heterocycles. The van der Waals surface area contributed by atoms with Crippen molar-refractivity contribution in [2.45, 2.75) is 20.4 Å². The van der Waals surface area contributed by atoms with Crippen molar-refractivity contribution in [3.05, 3.63) is 53.2 Å². The van der Waals surface area contributed by atoms with Gasteiger partial charge in [-0.3, -0.25) is 14.4 Å². The van der Waals surface area contributed by atoms with Gasteiger partial charge >= 0.3 is 11.8 Å². The summed E-state index contributed by atoms with van der Waals surface area (Å²) >= 11 is 1.49. The Morgan fingerprint density at radius 2 is 1.82 bits per heavy atom. The summed E-state index contributed by atoms with van der Waals surface area (Å²) in [5, 5.41) is 9.63. The summed E-state index contributed by atoms with van der Waals surface area (Å²) in [5.41, 5.74) is 2.16. The number of rotatable bonds is 5. The first-order chi connectivity index (χ1) is 13.4. The molecule has 0 saturated heterocycles. The molecule has 0 bridgehead atoms. The molecule has 0 radical (unpaired) electrons. The van der Waals surface area contributed by atoms with Crippen LogP contribution in [0.15, 0.2) is 46.4 Å². The van der Waals surface area contributed by atoms with Gasteiger partial charge in [-0.15, -0.1) is 11.3 Å². The molecule has 0 fully saturated rings. The van der Waals surface area contributed by atoms with Crippen molar-refractivity contribution in [3.8, 4) is 10.8 Å². The van der Waals surface area contributed by atoms with Crippen molar-refractivity contribution >= 4 is 40.4 Å². The van der Waals surface area contributed by atoms with Gasteiger partial charge in [0.25, 0.3) is 0 Å². The Morgan fingerprint density at radius 3 is 2.50 bits per heavy atom. The molecule has 0 aliphatic heterocycles. The zero-order valence-corrected chi connectivity index (χ0v) is 16.1. The first-order valence-corrected chi connectivity index (χ1v) is 9.26. The number of hydrogen-bond acceptors (Lipinski definition) is 6. The molecule has 0 spiro atoms. The number of amides is 3. The molecule has 144 valence electrons. The van der Waals surface area contributed by atoms with Gasteiger partial charge in [-0.1, -0.05) is 12.1 Å². The largest absolute Gasteiger partial charge is 0.443 e. The third kappa shape index (κ3) is 4.63. The molecule has 3 amide bonds. The Hall–Kier alpha value is -3.46. The fourth-order valence-electron chi connectivity index (χ4n) is 2.43.